The van der Waals surface area contributed by atoms with E-state index in [9.17, 15) is 9.59 Å². The van der Waals surface area contributed by atoms with Crippen LogP contribution in [0.1, 0.15) is 31.2 Å². The number of nitrogens with one attached hydrogen (secondary N) is 2. The maximum Gasteiger partial charge on any atom is 0.343 e. The average Bonchev–Trinajstić information content (AvgIpc) is 3.26. The van der Waals surface area contributed by atoms with Gasteiger partial charge in [-0.05, 0) is 12.0 Å². The second-order valence-electron chi connectivity index (χ2n) is 6.14. The lowest BCUT2D eigenvalue weighted by Gasteiger charge is -2.05. The Kier molecular flexibility index (Phi) is 6.07. The van der Waals surface area contributed by atoms with Crippen molar-refractivity contribution >= 4 is 23.7 Å². The van der Waals surface area contributed by atoms with E-state index in [-0.39, 0.29) is 29.3 Å². The number of aromatic nitrogens is 5. The van der Waals surface area contributed by atoms with E-state index >= 15 is 0 Å². The third-order valence-electron chi connectivity index (χ3n) is 3.70. The first-order valence-electron chi connectivity index (χ1n) is 8.48. The Morgan fingerprint density at radius 2 is 2.07 bits per heavy atom. The molecule has 27 heavy (non-hydrogen) atoms. The summed E-state index contributed by atoms with van der Waals surface area (Å²) < 4.78 is 6.87. The zero-order chi connectivity index (χ0) is 19.2. The summed E-state index contributed by atoms with van der Waals surface area (Å²) in [5.41, 5.74) is 0.823. The summed E-state index contributed by atoms with van der Waals surface area (Å²) in [4.78, 5) is 24.0. The second-order valence-corrected chi connectivity index (χ2v) is 7.08. The summed E-state index contributed by atoms with van der Waals surface area (Å²) >= 11 is 1.16. The molecular formula is C17H20N6O3S. The molecule has 142 valence electrons. The van der Waals surface area contributed by atoms with Crippen molar-refractivity contribution in [3.8, 4) is 0 Å². The average molecular weight is 388 g/mol. The highest BCUT2D eigenvalue weighted by Crippen LogP contribution is 2.17. The van der Waals surface area contributed by atoms with E-state index in [2.05, 4.69) is 25.7 Å². The zero-order valence-corrected chi connectivity index (χ0v) is 15.8. The fourth-order valence-corrected chi connectivity index (χ4v) is 3.07. The predicted octanol–water partition coefficient (Wildman–Crippen LogP) is 2.05. The maximum atomic E-state index is 12.1. The summed E-state index contributed by atoms with van der Waals surface area (Å²) in [5.74, 6) is 0.291. The summed E-state index contributed by atoms with van der Waals surface area (Å²) in [7, 11) is 0. The predicted molar refractivity (Wildman–Crippen MR) is 101 cm³/mol. The highest BCUT2D eigenvalue weighted by atomic mass is 32.2. The SMILES string of the molecule is CC(C)c1nnc(NC(=O)CSc2n[nH]c(=O)n2CCc2ccccc2)o1. The number of rotatable bonds is 8. The quantitative estimate of drug-likeness (QED) is 0.567. The van der Waals surface area contributed by atoms with E-state index in [4.69, 9.17) is 4.42 Å². The van der Waals surface area contributed by atoms with Crippen LogP contribution < -0.4 is 11.0 Å². The fourth-order valence-electron chi connectivity index (χ4n) is 2.30. The van der Waals surface area contributed by atoms with Gasteiger partial charge >= 0.3 is 11.7 Å². The maximum absolute atomic E-state index is 12.1. The lowest BCUT2D eigenvalue weighted by Crippen LogP contribution is -2.20. The van der Waals surface area contributed by atoms with Crippen LogP contribution in [0.4, 0.5) is 6.01 Å². The normalized spacial score (nSPS) is 11.1. The molecule has 0 aliphatic heterocycles. The molecule has 9 nitrogen and oxygen atoms in total. The highest BCUT2D eigenvalue weighted by molar-refractivity contribution is 7.99. The first-order chi connectivity index (χ1) is 13.0. The Hall–Kier alpha value is -2.88. The Labute approximate surface area is 159 Å². The van der Waals surface area contributed by atoms with Crippen LogP contribution in [0.5, 0.6) is 0 Å². The van der Waals surface area contributed by atoms with Gasteiger partial charge < -0.3 is 4.42 Å². The van der Waals surface area contributed by atoms with Crippen molar-refractivity contribution in [3.63, 3.8) is 0 Å². The number of thioether (sulfide) groups is 1. The molecule has 0 aliphatic carbocycles. The minimum atomic E-state index is -0.316. The Balaban J connectivity index is 1.56. The fraction of sp³-hybridized carbons (Fsp3) is 0.353. The van der Waals surface area contributed by atoms with Crippen LogP contribution in [0.2, 0.25) is 0 Å². The van der Waals surface area contributed by atoms with Crippen molar-refractivity contribution in [2.45, 2.75) is 37.9 Å². The van der Waals surface area contributed by atoms with Gasteiger partial charge in [-0.1, -0.05) is 61.0 Å². The van der Waals surface area contributed by atoms with E-state index in [1.807, 2.05) is 44.2 Å². The Bertz CT molecular complexity index is 947. The molecule has 0 spiro atoms. The minimum absolute atomic E-state index is 0.0628. The zero-order valence-electron chi connectivity index (χ0n) is 15.0. The molecule has 0 saturated carbocycles. The molecule has 1 amide bonds. The summed E-state index contributed by atoms with van der Waals surface area (Å²) in [6.45, 7) is 4.31. The van der Waals surface area contributed by atoms with Crippen LogP contribution >= 0.6 is 11.8 Å². The van der Waals surface area contributed by atoms with Crippen LogP contribution in [0.15, 0.2) is 44.7 Å². The number of carbonyl (C=O) groups excluding carboxylic acids is 1. The monoisotopic (exact) mass is 388 g/mol. The number of aromatic amines is 1. The van der Waals surface area contributed by atoms with Gasteiger partial charge in [0.05, 0.1) is 5.75 Å². The van der Waals surface area contributed by atoms with Crippen molar-refractivity contribution in [2.24, 2.45) is 0 Å². The van der Waals surface area contributed by atoms with E-state index in [1.165, 1.54) is 4.57 Å². The molecule has 1 aromatic carbocycles. The van der Waals surface area contributed by atoms with E-state index in [0.717, 1.165) is 17.3 Å². The molecule has 0 fully saturated rings. The molecule has 10 heteroatoms. The van der Waals surface area contributed by atoms with Gasteiger partial charge in [-0.25, -0.2) is 9.89 Å². The number of hydrogen-bond donors (Lipinski definition) is 2. The van der Waals surface area contributed by atoms with Gasteiger partial charge in [0.2, 0.25) is 11.8 Å². The topological polar surface area (TPSA) is 119 Å². The van der Waals surface area contributed by atoms with Gasteiger partial charge in [-0.3, -0.25) is 14.7 Å². The summed E-state index contributed by atoms with van der Waals surface area (Å²) in [5, 5.41) is 17.1. The molecule has 0 unspecified atom stereocenters. The van der Waals surface area contributed by atoms with E-state index in [1.54, 1.807) is 0 Å². The first-order valence-corrected chi connectivity index (χ1v) is 9.46. The van der Waals surface area contributed by atoms with Gasteiger partial charge in [0, 0.05) is 12.5 Å². The van der Waals surface area contributed by atoms with Crippen molar-refractivity contribution in [1.29, 1.82) is 0 Å². The van der Waals surface area contributed by atoms with Crippen LogP contribution in [-0.4, -0.2) is 36.6 Å². The third kappa shape index (κ3) is 5.07. The van der Waals surface area contributed by atoms with Crippen LogP contribution in [0, 0.1) is 0 Å². The number of anilines is 1. The van der Waals surface area contributed by atoms with Crippen molar-refractivity contribution < 1.29 is 9.21 Å². The first kappa shape index (κ1) is 18.9. The largest absolute Gasteiger partial charge is 0.408 e. The van der Waals surface area contributed by atoms with Crippen molar-refractivity contribution in [1.82, 2.24) is 25.0 Å². The molecular weight excluding hydrogens is 368 g/mol. The molecule has 3 aromatic rings. The summed E-state index contributed by atoms with van der Waals surface area (Å²) in [6.07, 6.45) is 0.694. The van der Waals surface area contributed by atoms with E-state index in [0.29, 0.717) is 24.0 Å². The van der Waals surface area contributed by atoms with E-state index < -0.39 is 0 Å². The highest BCUT2D eigenvalue weighted by Gasteiger charge is 2.15. The molecule has 0 aliphatic rings. The molecule has 2 heterocycles. The molecule has 0 radical (unpaired) electrons. The number of benzene rings is 1. The lowest BCUT2D eigenvalue weighted by atomic mass is 10.1. The molecule has 0 saturated heterocycles. The number of aryl methyl sites for hydroxylation is 1. The van der Waals surface area contributed by atoms with Gasteiger partial charge in [0.15, 0.2) is 5.16 Å². The number of hydrogen-bond acceptors (Lipinski definition) is 7. The van der Waals surface area contributed by atoms with Crippen LogP contribution in [0.3, 0.4) is 0 Å². The number of amides is 1. The van der Waals surface area contributed by atoms with Gasteiger partial charge in [0.1, 0.15) is 0 Å². The second kappa shape index (κ2) is 8.67. The summed E-state index contributed by atoms with van der Waals surface area (Å²) in [6, 6.07) is 9.92. The number of H-pyrrole nitrogens is 1. The minimum Gasteiger partial charge on any atom is -0.408 e. The molecule has 2 aromatic heterocycles. The molecule has 0 atom stereocenters. The third-order valence-corrected chi connectivity index (χ3v) is 4.68. The molecule has 3 rings (SSSR count). The Morgan fingerprint density at radius 1 is 1.30 bits per heavy atom. The Morgan fingerprint density at radius 3 is 2.78 bits per heavy atom. The van der Waals surface area contributed by atoms with Crippen LogP contribution in [-0.2, 0) is 17.8 Å². The van der Waals surface area contributed by atoms with Crippen molar-refractivity contribution in [2.75, 3.05) is 11.1 Å². The smallest absolute Gasteiger partial charge is 0.343 e. The lowest BCUT2D eigenvalue weighted by molar-refractivity contribution is -0.113. The van der Waals surface area contributed by atoms with Gasteiger partial charge in [0.25, 0.3) is 0 Å². The number of nitrogens with zero attached hydrogens (tertiary/aromatic N) is 4. The van der Waals surface area contributed by atoms with Crippen LogP contribution in [0.25, 0.3) is 0 Å². The van der Waals surface area contributed by atoms with Crippen molar-refractivity contribution in [3.05, 3.63) is 52.3 Å². The van der Waals surface area contributed by atoms with Gasteiger partial charge in [-0.15, -0.1) is 10.2 Å². The number of carbonyl (C=O) groups is 1. The molecule has 2 N–H and O–H groups in total. The molecule has 0 bridgehead atoms. The standard InChI is InChI=1S/C17H20N6O3S/c1-11(2)14-19-20-15(26-14)18-13(24)10-27-17-22-21-16(25)23(17)9-8-12-6-4-3-5-7-12/h3-7,11H,8-10H2,1-2H3,(H,21,25)(H,18,20,24). The van der Waals surface area contributed by atoms with Gasteiger partial charge in [-0.2, -0.15) is 0 Å².